The van der Waals surface area contributed by atoms with Crippen molar-refractivity contribution in [1.82, 2.24) is 9.47 Å². The summed E-state index contributed by atoms with van der Waals surface area (Å²) in [6.07, 6.45) is 0.883. The van der Waals surface area contributed by atoms with Gasteiger partial charge in [-0.25, -0.2) is 0 Å². The highest BCUT2D eigenvalue weighted by Gasteiger charge is 2.38. The molecule has 132 valence electrons. The molecule has 4 nitrogen and oxygen atoms in total. The van der Waals surface area contributed by atoms with Gasteiger partial charge < -0.3 is 9.80 Å². The van der Waals surface area contributed by atoms with Gasteiger partial charge in [-0.2, -0.15) is 0 Å². The number of aromatic nitrogens is 1. The van der Waals surface area contributed by atoms with Crippen LogP contribution in [0, 0.1) is 0 Å². The minimum atomic E-state index is -0.332. The number of hydrogen-bond donors (Lipinski definition) is 0. The lowest BCUT2D eigenvalue weighted by molar-refractivity contribution is 0.0872. The van der Waals surface area contributed by atoms with Crippen molar-refractivity contribution in [2.24, 2.45) is 0 Å². The van der Waals surface area contributed by atoms with Gasteiger partial charge in [0.15, 0.2) is 0 Å². The number of rotatable bonds is 1. The summed E-state index contributed by atoms with van der Waals surface area (Å²) in [5, 5.41) is 1.83. The number of fused-ring (bicyclic) bond motifs is 3. The van der Waals surface area contributed by atoms with Crippen LogP contribution in [0.1, 0.15) is 27.7 Å². The standard InChI is InChI=1S/C21H20ClN3O/c1-23-9-8-17-16(12-23)15-10-14(22)11-18-20(15)25(17)21(26)19(24(18)2)13-6-4-3-5-7-13/h3-7,10-11,19H,8-9,12H2,1-2H3. The number of nitrogens with zero attached hydrogens (tertiary/aromatic N) is 3. The highest BCUT2D eigenvalue weighted by atomic mass is 35.5. The molecule has 0 saturated heterocycles. The highest BCUT2D eigenvalue weighted by Crippen LogP contribution is 2.44. The number of hydrogen-bond acceptors (Lipinski definition) is 3. The van der Waals surface area contributed by atoms with Crippen LogP contribution < -0.4 is 4.90 Å². The molecular weight excluding hydrogens is 346 g/mol. The quantitative estimate of drug-likeness (QED) is 0.649. The second-order valence-electron chi connectivity index (χ2n) is 7.33. The van der Waals surface area contributed by atoms with E-state index in [0.717, 1.165) is 47.4 Å². The predicted octanol–water partition coefficient (Wildman–Crippen LogP) is 4.11. The van der Waals surface area contributed by atoms with Crippen molar-refractivity contribution in [3.63, 3.8) is 0 Å². The van der Waals surface area contributed by atoms with E-state index < -0.39 is 0 Å². The first-order valence-electron chi connectivity index (χ1n) is 8.92. The van der Waals surface area contributed by atoms with E-state index in [4.69, 9.17) is 11.6 Å². The average Bonchev–Trinajstić information content (AvgIpc) is 2.95. The Bertz CT molecular complexity index is 1040. The third-order valence-corrected chi connectivity index (χ3v) is 5.94. The number of benzene rings is 2. The first-order chi connectivity index (χ1) is 12.6. The molecule has 0 saturated carbocycles. The molecule has 2 aliphatic rings. The minimum absolute atomic E-state index is 0.129. The molecule has 2 aliphatic heterocycles. The molecule has 0 radical (unpaired) electrons. The van der Waals surface area contributed by atoms with Crippen molar-refractivity contribution in [2.75, 3.05) is 25.5 Å². The Morgan fingerprint density at radius 3 is 2.65 bits per heavy atom. The van der Waals surface area contributed by atoms with Crippen LogP contribution in [0.2, 0.25) is 5.02 Å². The van der Waals surface area contributed by atoms with Crippen LogP contribution in [0.15, 0.2) is 42.5 Å². The summed E-state index contributed by atoms with van der Waals surface area (Å²) in [7, 11) is 4.11. The van der Waals surface area contributed by atoms with Gasteiger partial charge in [-0.15, -0.1) is 0 Å². The molecule has 0 aliphatic carbocycles. The molecule has 1 atom stereocenters. The second-order valence-corrected chi connectivity index (χ2v) is 7.77. The van der Waals surface area contributed by atoms with Gasteiger partial charge in [-0.1, -0.05) is 41.9 Å². The van der Waals surface area contributed by atoms with E-state index in [1.807, 2.05) is 54.1 Å². The molecule has 1 unspecified atom stereocenters. The molecule has 2 aromatic carbocycles. The lowest BCUT2D eigenvalue weighted by Gasteiger charge is -2.35. The zero-order chi connectivity index (χ0) is 18.0. The van der Waals surface area contributed by atoms with Crippen molar-refractivity contribution in [3.05, 3.63) is 64.3 Å². The SMILES string of the molecule is CN1CCc2c(c3cc(Cl)cc4c3n2C(=O)C(c2ccccc2)N4C)C1. The van der Waals surface area contributed by atoms with E-state index >= 15 is 0 Å². The summed E-state index contributed by atoms with van der Waals surface area (Å²) in [6, 6.07) is 13.7. The van der Waals surface area contributed by atoms with Crippen LogP contribution in [-0.4, -0.2) is 36.0 Å². The molecule has 0 bridgehead atoms. The molecule has 5 rings (SSSR count). The first-order valence-corrected chi connectivity index (χ1v) is 9.30. The number of carbonyl (C=O) groups excluding carboxylic acids is 1. The van der Waals surface area contributed by atoms with Gasteiger partial charge in [0, 0.05) is 42.7 Å². The Balaban J connectivity index is 1.82. The number of halogens is 1. The van der Waals surface area contributed by atoms with Crippen molar-refractivity contribution in [3.8, 4) is 0 Å². The highest BCUT2D eigenvalue weighted by molar-refractivity contribution is 6.32. The molecule has 26 heavy (non-hydrogen) atoms. The van der Waals surface area contributed by atoms with Crippen LogP contribution in [0.3, 0.4) is 0 Å². The van der Waals surface area contributed by atoms with E-state index in [9.17, 15) is 4.79 Å². The lowest BCUT2D eigenvalue weighted by Crippen LogP contribution is -2.39. The second kappa shape index (κ2) is 5.60. The Morgan fingerprint density at radius 1 is 1.12 bits per heavy atom. The zero-order valence-electron chi connectivity index (χ0n) is 14.9. The maximum absolute atomic E-state index is 13.6. The average molecular weight is 366 g/mol. The molecule has 3 heterocycles. The van der Waals surface area contributed by atoms with Gasteiger partial charge in [-0.3, -0.25) is 9.36 Å². The Labute approximate surface area is 157 Å². The van der Waals surface area contributed by atoms with E-state index in [1.54, 1.807) is 0 Å². The minimum Gasteiger partial charge on any atom is -0.357 e. The van der Waals surface area contributed by atoms with Gasteiger partial charge >= 0.3 is 0 Å². The number of carbonyl (C=O) groups is 1. The zero-order valence-corrected chi connectivity index (χ0v) is 15.6. The van der Waals surface area contributed by atoms with Gasteiger partial charge in [-0.05, 0) is 30.3 Å². The third-order valence-electron chi connectivity index (χ3n) is 5.72. The maximum Gasteiger partial charge on any atom is 0.258 e. The van der Waals surface area contributed by atoms with E-state index in [0.29, 0.717) is 5.02 Å². The normalized spacial score (nSPS) is 19.9. The molecule has 0 amide bonds. The number of likely N-dealkylation sites (N-methyl/N-ethyl adjacent to an activating group) is 2. The van der Waals surface area contributed by atoms with Crippen molar-refractivity contribution >= 4 is 34.1 Å². The Morgan fingerprint density at radius 2 is 1.88 bits per heavy atom. The lowest BCUT2D eigenvalue weighted by atomic mass is 10.0. The van der Waals surface area contributed by atoms with E-state index in [2.05, 4.69) is 16.8 Å². The summed E-state index contributed by atoms with van der Waals surface area (Å²) in [5.41, 5.74) is 5.44. The summed E-state index contributed by atoms with van der Waals surface area (Å²) in [5.74, 6) is 0.129. The molecule has 0 N–H and O–H groups in total. The topological polar surface area (TPSA) is 28.5 Å². The summed E-state index contributed by atoms with van der Waals surface area (Å²) < 4.78 is 1.97. The van der Waals surface area contributed by atoms with Crippen molar-refractivity contribution < 1.29 is 4.79 Å². The molecule has 1 aromatic heterocycles. The van der Waals surface area contributed by atoms with Gasteiger partial charge in [0.05, 0.1) is 11.2 Å². The molecule has 0 spiro atoms. The van der Waals surface area contributed by atoms with Crippen LogP contribution in [0.4, 0.5) is 5.69 Å². The van der Waals surface area contributed by atoms with E-state index in [-0.39, 0.29) is 11.9 Å². The monoisotopic (exact) mass is 365 g/mol. The molecular formula is C21H20ClN3O. The number of anilines is 1. The third kappa shape index (κ3) is 2.09. The smallest absolute Gasteiger partial charge is 0.258 e. The van der Waals surface area contributed by atoms with Gasteiger partial charge in [0.2, 0.25) is 0 Å². The summed E-state index contributed by atoms with van der Waals surface area (Å²) in [6.45, 7) is 1.82. The van der Waals surface area contributed by atoms with Gasteiger partial charge in [0.25, 0.3) is 5.91 Å². The van der Waals surface area contributed by atoms with Crippen LogP contribution in [0.5, 0.6) is 0 Å². The first kappa shape index (κ1) is 15.9. The Hall–Kier alpha value is -2.30. The largest absolute Gasteiger partial charge is 0.357 e. The fraction of sp³-hybridized carbons (Fsp3) is 0.286. The fourth-order valence-electron chi connectivity index (χ4n) is 4.50. The van der Waals surface area contributed by atoms with E-state index in [1.165, 1.54) is 5.56 Å². The maximum atomic E-state index is 13.6. The molecule has 5 heteroatoms. The molecule has 0 fully saturated rings. The summed E-state index contributed by atoms with van der Waals surface area (Å²) >= 11 is 6.48. The van der Waals surface area contributed by atoms with Crippen LogP contribution >= 0.6 is 11.6 Å². The predicted molar refractivity (Wildman–Crippen MR) is 105 cm³/mol. The molecule has 3 aromatic rings. The van der Waals surface area contributed by atoms with Crippen molar-refractivity contribution in [2.45, 2.75) is 19.0 Å². The summed E-state index contributed by atoms with van der Waals surface area (Å²) in [4.78, 5) is 18.0. The van der Waals surface area contributed by atoms with Crippen molar-refractivity contribution in [1.29, 1.82) is 0 Å². The van der Waals surface area contributed by atoms with Crippen LogP contribution in [0.25, 0.3) is 10.9 Å². The van der Waals surface area contributed by atoms with Gasteiger partial charge in [0.1, 0.15) is 6.04 Å². The Kier molecular flexibility index (Phi) is 3.43. The van der Waals surface area contributed by atoms with Crippen LogP contribution in [-0.2, 0) is 13.0 Å². The fourth-order valence-corrected chi connectivity index (χ4v) is 4.71.